The average molecular weight is 442 g/mol. The van der Waals surface area contributed by atoms with Crippen molar-refractivity contribution in [2.75, 3.05) is 11.9 Å². The van der Waals surface area contributed by atoms with E-state index in [1.165, 1.54) is 17.0 Å². The fourth-order valence-corrected chi connectivity index (χ4v) is 3.45. The molecule has 0 heterocycles. The van der Waals surface area contributed by atoms with Crippen molar-refractivity contribution in [2.24, 2.45) is 0 Å². The van der Waals surface area contributed by atoms with Crippen LogP contribution in [-0.2, 0) is 11.0 Å². The first-order valence-corrected chi connectivity index (χ1v) is 10.5. The lowest BCUT2D eigenvalue weighted by molar-refractivity contribution is -0.137. The molecule has 0 saturated carbocycles. The van der Waals surface area contributed by atoms with Crippen LogP contribution in [0.4, 0.5) is 18.9 Å². The van der Waals surface area contributed by atoms with Crippen LogP contribution in [0.1, 0.15) is 42.6 Å². The number of carbonyl (C=O) groups is 2. The second-order valence-electron chi connectivity index (χ2n) is 7.69. The van der Waals surface area contributed by atoms with Gasteiger partial charge in [-0.1, -0.05) is 43.3 Å². The number of carbonyl (C=O) groups excluding carboxylic acids is 2. The molecule has 32 heavy (non-hydrogen) atoms. The summed E-state index contributed by atoms with van der Waals surface area (Å²) < 4.78 is 39.1. The number of alkyl halides is 3. The standard InChI is InChI=1S/C25H25F3N2O2/c1-3-17(2)30(24(32)20-9-6-10-21(15-20)25(26,27)28)14-13-23(31)29-22-12-11-18-7-4-5-8-19(18)16-22/h4-12,15-17H,3,13-14H2,1-2H3,(H,29,31). The Hall–Kier alpha value is -3.35. The molecule has 0 aliphatic carbocycles. The van der Waals surface area contributed by atoms with Crippen molar-refractivity contribution in [1.82, 2.24) is 4.90 Å². The van der Waals surface area contributed by atoms with Crippen LogP contribution in [0, 0.1) is 0 Å². The minimum atomic E-state index is -4.53. The van der Waals surface area contributed by atoms with E-state index < -0.39 is 17.6 Å². The molecule has 3 rings (SSSR count). The molecule has 0 aliphatic rings. The van der Waals surface area contributed by atoms with E-state index in [1.807, 2.05) is 50.2 Å². The Kier molecular flexibility index (Phi) is 7.18. The summed E-state index contributed by atoms with van der Waals surface area (Å²) in [7, 11) is 0. The number of amides is 2. The second-order valence-corrected chi connectivity index (χ2v) is 7.69. The van der Waals surface area contributed by atoms with Crippen molar-refractivity contribution < 1.29 is 22.8 Å². The maximum absolute atomic E-state index is 13.0. The first kappa shape index (κ1) is 23.3. The largest absolute Gasteiger partial charge is 0.416 e. The Balaban J connectivity index is 1.70. The third-order valence-electron chi connectivity index (χ3n) is 5.43. The van der Waals surface area contributed by atoms with Crippen LogP contribution in [0.2, 0.25) is 0 Å². The molecule has 168 valence electrons. The Morgan fingerprint density at radius 1 is 0.969 bits per heavy atom. The zero-order valence-corrected chi connectivity index (χ0v) is 17.9. The maximum Gasteiger partial charge on any atom is 0.416 e. The molecule has 4 nitrogen and oxygen atoms in total. The van der Waals surface area contributed by atoms with E-state index in [4.69, 9.17) is 0 Å². The first-order chi connectivity index (χ1) is 15.2. The molecule has 0 fully saturated rings. The molecule has 0 radical (unpaired) electrons. The highest BCUT2D eigenvalue weighted by atomic mass is 19.4. The Morgan fingerprint density at radius 3 is 2.38 bits per heavy atom. The van der Waals surface area contributed by atoms with Gasteiger partial charge < -0.3 is 10.2 Å². The number of hydrogen-bond donors (Lipinski definition) is 1. The summed E-state index contributed by atoms with van der Waals surface area (Å²) in [6.07, 6.45) is -3.89. The molecule has 0 aromatic heterocycles. The van der Waals surface area contributed by atoms with E-state index in [1.54, 1.807) is 6.07 Å². The zero-order valence-electron chi connectivity index (χ0n) is 17.9. The van der Waals surface area contributed by atoms with Gasteiger partial charge in [-0.15, -0.1) is 0 Å². The van der Waals surface area contributed by atoms with Crippen LogP contribution in [0.5, 0.6) is 0 Å². The summed E-state index contributed by atoms with van der Waals surface area (Å²) in [5.41, 5.74) is -0.274. The lowest BCUT2D eigenvalue weighted by atomic mass is 10.1. The van der Waals surface area contributed by atoms with Gasteiger partial charge in [0.05, 0.1) is 5.56 Å². The Labute approximate surface area is 185 Å². The Morgan fingerprint density at radius 2 is 1.69 bits per heavy atom. The molecular formula is C25H25F3N2O2. The third kappa shape index (κ3) is 5.66. The predicted octanol–water partition coefficient (Wildman–Crippen LogP) is 6.13. The second kappa shape index (κ2) is 9.85. The lowest BCUT2D eigenvalue weighted by Gasteiger charge is -2.29. The molecular weight excluding hydrogens is 417 g/mol. The first-order valence-electron chi connectivity index (χ1n) is 10.5. The number of rotatable bonds is 7. The summed E-state index contributed by atoms with van der Waals surface area (Å²) in [6, 6.07) is 17.5. The normalized spacial score (nSPS) is 12.4. The highest BCUT2D eigenvalue weighted by Gasteiger charge is 2.31. The minimum Gasteiger partial charge on any atom is -0.335 e. The van der Waals surface area contributed by atoms with Crippen LogP contribution >= 0.6 is 0 Å². The average Bonchev–Trinajstić information content (AvgIpc) is 2.78. The summed E-state index contributed by atoms with van der Waals surface area (Å²) in [4.78, 5) is 26.9. The van der Waals surface area contributed by atoms with Gasteiger partial charge >= 0.3 is 6.18 Å². The van der Waals surface area contributed by atoms with Gasteiger partial charge in [0.25, 0.3) is 5.91 Å². The van der Waals surface area contributed by atoms with E-state index in [-0.39, 0.29) is 30.5 Å². The maximum atomic E-state index is 13.0. The van der Waals surface area contributed by atoms with Crippen LogP contribution in [0.25, 0.3) is 10.8 Å². The summed E-state index contributed by atoms with van der Waals surface area (Å²) in [5.74, 6) is -0.797. The number of fused-ring (bicyclic) bond motifs is 1. The predicted molar refractivity (Wildman–Crippen MR) is 119 cm³/mol. The van der Waals surface area contributed by atoms with Gasteiger partial charge in [-0.05, 0) is 54.4 Å². The third-order valence-corrected chi connectivity index (χ3v) is 5.43. The van der Waals surface area contributed by atoms with Crippen molar-refractivity contribution in [1.29, 1.82) is 0 Å². The molecule has 0 spiro atoms. The van der Waals surface area contributed by atoms with Crippen LogP contribution in [0.15, 0.2) is 66.7 Å². The molecule has 1 unspecified atom stereocenters. The monoisotopic (exact) mass is 442 g/mol. The summed E-state index contributed by atoms with van der Waals surface area (Å²) in [6.45, 7) is 3.79. The SMILES string of the molecule is CCC(C)N(CCC(=O)Nc1ccc2ccccc2c1)C(=O)c1cccc(C(F)(F)F)c1. The van der Waals surface area contributed by atoms with Crippen LogP contribution < -0.4 is 5.32 Å². The number of halogens is 3. The molecule has 3 aromatic rings. The molecule has 0 bridgehead atoms. The van der Waals surface area contributed by atoms with Crippen LogP contribution in [-0.4, -0.2) is 29.3 Å². The summed E-state index contributed by atoms with van der Waals surface area (Å²) in [5, 5.41) is 4.88. The molecule has 7 heteroatoms. The van der Waals surface area contributed by atoms with Crippen LogP contribution in [0.3, 0.4) is 0 Å². The van der Waals surface area contributed by atoms with Gasteiger partial charge in [-0.3, -0.25) is 9.59 Å². The number of nitrogens with zero attached hydrogens (tertiary/aromatic N) is 1. The molecule has 3 aromatic carbocycles. The molecule has 1 atom stereocenters. The van der Waals surface area contributed by atoms with E-state index in [0.29, 0.717) is 12.1 Å². The number of hydrogen-bond acceptors (Lipinski definition) is 2. The zero-order chi connectivity index (χ0) is 23.3. The van der Waals surface area contributed by atoms with E-state index >= 15 is 0 Å². The van der Waals surface area contributed by atoms with Crippen molar-refractivity contribution in [3.05, 3.63) is 77.9 Å². The van der Waals surface area contributed by atoms with Gasteiger partial charge in [0.15, 0.2) is 0 Å². The lowest BCUT2D eigenvalue weighted by Crippen LogP contribution is -2.40. The number of benzene rings is 3. The fraction of sp³-hybridized carbons (Fsp3) is 0.280. The smallest absolute Gasteiger partial charge is 0.335 e. The quantitative estimate of drug-likeness (QED) is 0.479. The van der Waals surface area contributed by atoms with Gasteiger partial charge in [0, 0.05) is 30.3 Å². The number of nitrogens with one attached hydrogen (secondary N) is 1. The van der Waals surface area contributed by atoms with E-state index in [9.17, 15) is 22.8 Å². The molecule has 1 N–H and O–H groups in total. The van der Waals surface area contributed by atoms with Crippen molar-refractivity contribution >= 4 is 28.3 Å². The van der Waals surface area contributed by atoms with Gasteiger partial charge in [0.1, 0.15) is 0 Å². The van der Waals surface area contributed by atoms with Gasteiger partial charge in [-0.2, -0.15) is 13.2 Å². The Bertz CT molecular complexity index is 1110. The van der Waals surface area contributed by atoms with Crippen molar-refractivity contribution in [3.8, 4) is 0 Å². The van der Waals surface area contributed by atoms with Crippen molar-refractivity contribution in [2.45, 2.75) is 38.9 Å². The molecule has 0 aliphatic heterocycles. The van der Waals surface area contributed by atoms with Gasteiger partial charge in [0.2, 0.25) is 5.91 Å². The molecule has 2 amide bonds. The number of anilines is 1. The topological polar surface area (TPSA) is 49.4 Å². The van der Waals surface area contributed by atoms with Gasteiger partial charge in [-0.25, -0.2) is 0 Å². The molecule has 0 saturated heterocycles. The van der Waals surface area contributed by atoms with E-state index in [2.05, 4.69) is 5.32 Å². The fourth-order valence-electron chi connectivity index (χ4n) is 3.45. The summed E-state index contributed by atoms with van der Waals surface area (Å²) >= 11 is 0. The van der Waals surface area contributed by atoms with Crippen molar-refractivity contribution in [3.63, 3.8) is 0 Å². The highest BCUT2D eigenvalue weighted by molar-refractivity contribution is 5.96. The minimum absolute atomic E-state index is 0.0296. The highest BCUT2D eigenvalue weighted by Crippen LogP contribution is 2.30. The van der Waals surface area contributed by atoms with E-state index in [0.717, 1.165) is 22.9 Å².